The zero-order chi connectivity index (χ0) is 19.6. The first-order chi connectivity index (χ1) is 13.5. The van der Waals surface area contributed by atoms with E-state index in [4.69, 9.17) is 0 Å². The first-order valence-electron chi connectivity index (χ1n) is 10.7. The number of rotatable bonds is 2. The SMILES string of the molecule is CC1=C(c2cc(C)cc(C)c2C)c2c3c1c(C1CCCC1)ccc3cc[n+]2C. The number of allylic oxidation sites excluding steroid dienone is 1. The van der Waals surface area contributed by atoms with Crippen LogP contribution in [0.4, 0.5) is 0 Å². The summed E-state index contributed by atoms with van der Waals surface area (Å²) in [6, 6.07) is 11.8. The molecule has 0 bridgehead atoms. The van der Waals surface area contributed by atoms with Crippen LogP contribution in [0.3, 0.4) is 0 Å². The third kappa shape index (κ3) is 2.42. The molecule has 3 aromatic rings. The predicted octanol–water partition coefficient (Wildman–Crippen LogP) is 6.54. The fraction of sp³-hybridized carbons (Fsp3) is 0.370. The van der Waals surface area contributed by atoms with E-state index in [9.17, 15) is 0 Å². The highest BCUT2D eigenvalue weighted by Crippen LogP contribution is 2.49. The Hall–Kier alpha value is -2.41. The Bertz CT molecular complexity index is 1160. The molecule has 1 heteroatoms. The van der Waals surface area contributed by atoms with E-state index in [0.29, 0.717) is 0 Å². The molecule has 1 fully saturated rings. The largest absolute Gasteiger partial charge is 0.221 e. The molecule has 2 aliphatic rings. The highest BCUT2D eigenvalue weighted by Gasteiger charge is 2.34. The molecule has 142 valence electrons. The van der Waals surface area contributed by atoms with Crippen molar-refractivity contribution in [2.24, 2.45) is 7.05 Å². The van der Waals surface area contributed by atoms with Gasteiger partial charge in [0, 0.05) is 6.07 Å². The van der Waals surface area contributed by atoms with Gasteiger partial charge < -0.3 is 0 Å². The minimum atomic E-state index is 0.729. The summed E-state index contributed by atoms with van der Waals surface area (Å²) in [5.41, 5.74) is 13.0. The zero-order valence-electron chi connectivity index (χ0n) is 17.8. The van der Waals surface area contributed by atoms with E-state index in [0.717, 1.165) is 5.92 Å². The van der Waals surface area contributed by atoms with E-state index in [1.54, 1.807) is 5.56 Å². The molecule has 5 rings (SSSR count). The van der Waals surface area contributed by atoms with Crippen molar-refractivity contribution < 1.29 is 4.57 Å². The molecule has 1 aromatic heterocycles. The molecule has 0 unspecified atom stereocenters. The topological polar surface area (TPSA) is 3.88 Å². The standard InChI is InChI=1S/C27H30N/c1-16-14-17(2)18(3)23(15-16)25-19(4)24-22(20-8-6-7-9-20)11-10-21-12-13-28(5)27(25)26(21)24/h10-15,20H,6-9H2,1-5H3/q+1. The first kappa shape index (κ1) is 17.7. The molecule has 2 aliphatic carbocycles. The Morgan fingerprint density at radius 2 is 1.68 bits per heavy atom. The maximum atomic E-state index is 2.43. The smallest absolute Gasteiger partial charge is 0.200 e. The molecule has 0 saturated heterocycles. The van der Waals surface area contributed by atoms with E-state index in [1.807, 2.05) is 0 Å². The van der Waals surface area contributed by atoms with Gasteiger partial charge in [-0.2, -0.15) is 0 Å². The van der Waals surface area contributed by atoms with Crippen LogP contribution in [0.1, 0.15) is 77.6 Å². The molecule has 0 spiro atoms. The molecule has 2 aromatic carbocycles. The molecule has 0 atom stereocenters. The van der Waals surface area contributed by atoms with Crippen LogP contribution >= 0.6 is 0 Å². The summed E-state index contributed by atoms with van der Waals surface area (Å²) in [6.07, 6.45) is 7.68. The Morgan fingerprint density at radius 3 is 2.43 bits per heavy atom. The second kappa shape index (κ2) is 6.30. The van der Waals surface area contributed by atoms with Crippen molar-refractivity contribution in [2.45, 2.75) is 59.3 Å². The van der Waals surface area contributed by atoms with Gasteiger partial charge in [-0.15, -0.1) is 0 Å². The summed E-state index contributed by atoms with van der Waals surface area (Å²) in [4.78, 5) is 0. The highest BCUT2D eigenvalue weighted by atomic mass is 14.9. The van der Waals surface area contributed by atoms with E-state index in [1.165, 1.54) is 81.1 Å². The number of aryl methyl sites for hydroxylation is 3. The Kier molecular flexibility index (Phi) is 3.98. The summed E-state index contributed by atoms with van der Waals surface area (Å²) in [7, 11) is 2.21. The van der Waals surface area contributed by atoms with E-state index >= 15 is 0 Å². The van der Waals surface area contributed by atoms with E-state index in [2.05, 4.69) is 75.8 Å². The summed E-state index contributed by atoms with van der Waals surface area (Å²) in [6.45, 7) is 9.11. The number of benzene rings is 2. The van der Waals surface area contributed by atoms with Crippen LogP contribution in [-0.4, -0.2) is 0 Å². The third-order valence-electron chi connectivity index (χ3n) is 7.20. The van der Waals surface area contributed by atoms with Crippen LogP contribution in [0.25, 0.3) is 21.9 Å². The molecule has 0 amide bonds. The number of nitrogens with zero attached hydrogens (tertiary/aromatic N) is 1. The van der Waals surface area contributed by atoms with Crippen LogP contribution in [-0.2, 0) is 7.05 Å². The van der Waals surface area contributed by atoms with Crippen molar-refractivity contribution >= 4 is 21.9 Å². The summed E-state index contributed by atoms with van der Waals surface area (Å²) in [5, 5.41) is 2.85. The van der Waals surface area contributed by atoms with Crippen molar-refractivity contribution in [1.82, 2.24) is 0 Å². The quantitative estimate of drug-likeness (QED) is 0.452. The van der Waals surface area contributed by atoms with Gasteiger partial charge in [0.2, 0.25) is 5.69 Å². The zero-order valence-corrected chi connectivity index (χ0v) is 17.8. The highest BCUT2D eigenvalue weighted by molar-refractivity contribution is 6.16. The molecule has 0 radical (unpaired) electrons. The normalized spacial score (nSPS) is 16.6. The summed E-state index contributed by atoms with van der Waals surface area (Å²) < 4.78 is 2.34. The lowest BCUT2D eigenvalue weighted by Crippen LogP contribution is -2.32. The molecule has 1 saturated carbocycles. The lowest BCUT2D eigenvalue weighted by atomic mass is 9.88. The third-order valence-corrected chi connectivity index (χ3v) is 7.20. The van der Waals surface area contributed by atoms with Gasteiger partial charge in [-0.25, -0.2) is 4.57 Å². The summed E-state index contributed by atoms with van der Waals surface area (Å²) in [5.74, 6) is 0.729. The van der Waals surface area contributed by atoms with Crippen LogP contribution in [0.15, 0.2) is 36.5 Å². The molecule has 0 aliphatic heterocycles. The molecular weight excluding hydrogens is 338 g/mol. The summed E-state index contributed by atoms with van der Waals surface area (Å²) >= 11 is 0. The van der Waals surface area contributed by atoms with Crippen LogP contribution in [0, 0.1) is 20.8 Å². The Morgan fingerprint density at radius 1 is 0.929 bits per heavy atom. The minimum Gasteiger partial charge on any atom is -0.200 e. The van der Waals surface area contributed by atoms with Gasteiger partial charge >= 0.3 is 0 Å². The molecule has 1 nitrogen and oxygen atoms in total. The minimum absolute atomic E-state index is 0.729. The van der Waals surface area contributed by atoms with Gasteiger partial charge in [0.1, 0.15) is 7.05 Å². The predicted molar refractivity (Wildman–Crippen MR) is 119 cm³/mol. The number of hydrogen-bond acceptors (Lipinski definition) is 0. The second-order valence-corrected chi connectivity index (χ2v) is 9.01. The van der Waals surface area contributed by atoms with Crippen LogP contribution in [0.2, 0.25) is 0 Å². The maximum Gasteiger partial charge on any atom is 0.221 e. The fourth-order valence-electron chi connectivity index (χ4n) is 5.69. The lowest BCUT2D eigenvalue weighted by molar-refractivity contribution is -0.672. The Balaban J connectivity index is 1.88. The number of hydrogen-bond donors (Lipinski definition) is 0. The van der Waals surface area contributed by atoms with E-state index in [-0.39, 0.29) is 0 Å². The van der Waals surface area contributed by atoms with Crippen molar-refractivity contribution in [3.63, 3.8) is 0 Å². The van der Waals surface area contributed by atoms with Crippen LogP contribution < -0.4 is 4.57 Å². The van der Waals surface area contributed by atoms with Gasteiger partial charge in [0.25, 0.3) is 0 Å². The fourth-order valence-corrected chi connectivity index (χ4v) is 5.69. The second-order valence-electron chi connectivity index (χ2n) is 9.01. The van der Waals surface area contributed by atoms with E-state index < -0.39 is 0 Å². The molecule has 0 N–H and O–H groups in total. The Labute approximate surface area is 168 Å². The average molecular weight is 369 g/mol. The van der Waals surface area contributed by atoms with Gasteiger partial charge in [0.05, 0.1) is 11.0 Å². The van der Waals surface area contributed by atoms with Crippen molar-refractivity contribution in [2.75, 3.05) is 0 Å². The van der Waals surface area contributed by atoms with Crippen molar-refractivity contribution in [1.29, 1.82) is 0 Å². The van der Waals surface area contributed by atoms with Gasteiger partial charge in [-0.3, -0.25) is 0 Å². The maximum absolute atomic E-state index is 2.43. The number of pyridine rings is 1. The van der Waals surface area contributed by atoms with Gasteiger partial charge in [-0.05, 0) is 85.2 Å². The monoisotopic (exact) mass is 368 g/mol. The van der Waals surface area contributed by atoms with Crippen molar-refractivity contribution in [3.05, 3.63) is 75.6 Å². The molecular formula is C27H30N+. The molecule has 1 heterocycles. The number of aromatic nitrogens is 1. The van der Waals surface area contributed by atoms with Gasteiger partial charge in [-0.1, -0.05) is 42.7 Å². The van der Waals surface area contributed by atoms with Crippen LogP contribution in [0.5, 0.6) is 0 Å². The lowest BCUT2D eigenvalue weighted by Gasteiger charge is -2.16. The average Bonchev–Trinajstić information content (AvgIpc) is 3.30. The van der Waals surface area contributed by atoms with Crippen molar-refractivity contribution in [3.8, 4) is 0 Å². The van der Waals surface area contributed by atoms with Gasteiger partial charge in [0.15, 0.2) is 6.20 Å². The molecule has 28 heavy (non-hydrogen) atoms. The first-order valence-corrected chi connectivity index (χ1v) is 10.7.